The number of aromatic nitrogens is 3. The van der Waals surface area contributed by atoms with E-state index in [0.29, 0.717) is 5.56 Å². The van der Waals surface area contributed by atoms with Crippen molar-refractivity contribution in [2.45, 2.75) is 40.3 Å². The Labute approximate surface area is 153 Å². The first-order valence-electron chi connectivity index (χ1n) is 8.95. The van der Waals surface area contributed by atoms with Crippen LogP contribution in [0.2, 0.25) is 0 Å². The number of aryl methyl sites for hydroxylation is 1. The molecule has 0 atom stereocenters. The number of hydrogen-bond acceptors (Lipinski definition) is 4. The topological polar surface area (TPSA) is 71.8 Å². The van der Waals surface area contributed by atoms with Crippen LogP contribution in [-0.2, 0) is 6.54 Å². The molecule has 0 saturated carbocycles. The summed E-state index contributed by atoms with van der Waals surface area (Å²) >= 11 is 0. The summed E-state index contributed by atoms with van der Waals surface area (Å²) in [6.45, 7) is 9.74. The number of anilines is 1. The van der Waals surface area contributed by atoms with Crippen molar-refractivity contribution in [3.05, 3.63) is 53.3 Å². The van der Waals surface area contributed by atoms with Gasteiger partial charge in [0, 0.05) is 24.0 Å². The van der Waals surface area contributed by atoms with Gasteiger partial charge >= 0.3 is 0 Å². The van der Waals surface area contributed by atoms with E-state index in [1.165, 1.54) is 0 Å². The maximum absolute atomic E-state index is 12.9. The number of carbonyl (C=O) groups excluding carboxylic acids is 1. The summed E-state index contributed by atoms with van der Waals surface area (Å²) in [5.74, 6) is -0.149. The van der Waals surface area contributed by atoms with Gasteiger partial charge in [-0.25, -0.2) is 9.67 Å². The number of benzene rings is 1. The van der Waals surface area contributed by atoms with Gasteiger partial charge in [-0.05, 0) is 51.1 Å². The minimum absolute atomic E-state index is 0.149. The number of pyridine rings is 1. The molecule has 3 aromatic rings. The predicted molar refractivity (Wildman–Crippen MR) is 104 cm³/mol. The van der Waals surface area contributed by atoms with Gasteiger partial charge in [0.2, 0.25) is 0 Å². The highest BCUT2D eigenvalue weighted by Crippen LogP contribution is 2.22. The van der Waals surface area contributed by atoms with E-state index < -0.39 is 0 Å². The zero-order valence-electron chi connectivity index (χ0n) is 15.7. The summed E-state index contributed by atoms with van der Waals surface area (Å²) in [7, 11) is 0. The molecule has 0 aliphatic carbocycles. The second-order valence-electron chi connectivity index (χ2n) is 6.67. The summed E-state index contributed by atoms with van der Waals surface area (Å²) in [6.07, 6.45) is 1.72. The van der Waals surface area contributed by atoms with Gasteiger partial charge in [0.05, 0.1) is 17.1 Å². The summed E-state index contributed by atoms with van der Waals surface area (Å²) in [5.41, 5.74) is 4.05. The summed E-state index contributed by atoms with van der Waals surface area (Å²) in [6, 6.07) is 9.87. The average molecular weight is 351 g/mol. The highest BCUT2D eigenvalue weighted by Gasteiger charge is 2.17. The summed E-state index contributed by atoms with van der Waals surface area (Å²) in [5, 5.41) is 11.5. The Morgan fingerprint density at radius 1 is 1.27 bits per heavy atom. The molecule has 1 aromatic carbocycles. The smallest absolute Gasteiger partial charge is 0.256 e. The van der Waals surface area contributed by atoms with Gasteiger partial charge in [-0.2, -0.15) is 5.10 Å². The molecule has 2 aromatic heterocycles. The molecule has 2 heterocycles. The van der Waals surface area contributed by atoms with Crippen molar-refractivity contribution in [3.63, 3.8) is 0 Å². The van der Waals surface area contributed by atoms with Crippen LogP contribution in [0.25, 0.3) is 11.0 Å². The van der Waals surface area contributed by atoms with Crippen LogP contribution in [0.3, 0.4) is 0 Å². The first-order chi connectivity index (χ1) is 12.5. The highest BCUT2D eigenvalue weighted by molar-refractivity contribution is 6.12. The summed E-state index contributed by atoms with van der Waals surface area (Å²) in [4.78, 5) is 17.5. The van der Waals surface area contributed by atoms with Gasteiger partial charge < -0.3 is 10.6 Å². The van der Waals surface area contributed by atoms with Crippen LogP contribution in [-0.4, -0.2) is 27.2 Å². The maximum Gasteiger partial charge on any atom is 0.256 e. The lowest BCUT2D eigenvalue weighted by Crippen LogP contribution is -2.15. The minimum Gasteiger partial charge on any atom is -0.322 e. The number of nitrogens with zero attached hydrogens (tertiary/aromatic N) is 3. The van der Waals surface area contributed by atoms with Crippen molar-refractivity contribution in [1.82, 2.24) is 20.1 Å². The fourth-order valence-electron chi connectivity index (χ4n) is 2.94. The quantitative estimate of drug-likeness (QED) is 0.710. The van der Waals surface area contributed by atoms with E-state index in [-0.39, 0.29) is 11.9 Å². The molecule has 0 spiro atoms. The third-order valence-corrected chi connectivity index (χ3v) is 4.19. The van der Waals surface area contributed by atoms with Gasteiger partial charge in [0.1, 0.15) is 0 Å². The minimum atomic E-state index is -0.149. The van der Waals surface area contributed by atoms with E-state index >= 15 is 0 Å². The SMILES string of the molecule is CCNCc1cccc(NC(=O)c2cc(C)nc3c2cnn3C(C)C)c1. The van der Waals surface area contributed by atoms with Crippen LogP contribution in [0.1, 0.15) is 48.4 Å². The molecule has 136 valence electrons. The first kappa shape index (κ1) is 18.1. The largest absolute Gasteiger partial charge is 0.322 e. The van der Waals surface area contributed by atoms with Gasteiger partial charge in [0.25, 0.3) is 5.91 Å². The number of amides is 1. The van der Waals surface area contributed by atoms with Gasteiger partial charge in [-0.1, -0.05) is 19.1 Å². The molecule has 26 heavy (non-hydrogen) atoms. The number of rotatable bonds is 6. The molecule has 0 unspecified atom stereocenters. The lowest BCUT2D eigenvalue weighted by molar-refractivity contribution is 0.102. The second kappa shape index (κ2) is 7.66. The van der Waals surface area contributed by atoms with Crippen molar-refractivity contribution in [1.29, 1.82) is 0 Å². The Kier molecular flexibility index (Phi) is 5.32. The normalized spacial score (nSPS) is 11.3. The Morgan fingerprint density at radius 3 is 2.81 bits per heavy atom. The Morgan fingerprint density at radius 2 is 2.08 bits per heavy atom. The first-order valence-corrected chi connectivity index (χ1v) is 8.95. The maximum atomic E-state index is 12.9. The lowest BCUT2D eigenvalue weighted by Gasteiger charge is -2.10. The molecule has 0 radical (unpaired) electrons. The third kappa shape index (κ3) is 3.75. The van der Waals surface area contributed by atoms with Gasteiger partial charge in [0.15, 0.2) is 5.65 Å². The molecule has 0 fully saturated rings. The van der Waals surface area contributed by atoms with Crippen molar-refractivity contribution >= 4 is 22.6 Å². The third-order valence-electron chi connectivity index (χ3n) is 4.19. The van der Waals surface area contributed by atoms with E-state index in [9.17, 15) is 4.79 Å². The zero-order chi connectivity index (χ0) is 18.7. The fraction of sp³-hybridized carbons (Fsp3) is 0.350. The standard InChI is InChI=1S/C20H25N5O/c1-5-21-11-15-7-6-8-16(10-15)24-20(26)17-9-14(4)23-19-18(17)12-22-25(19)13(2)3/h6-10,12-13,21H,5,11H2,1-4H3,(H,24,26). The molecule has 0 bridgehead atoms. The molecule has 1 amide bonds. The number of hydrogen-bond donors (Lipinski definition) is 2. The van der Waals surface area contributed by atoms with Crippen LogP contribution in [0, 0.1) is 6.92 Å². The molecule has 2 N–H and O–H groups in total. The molecule has 0 saturated heterocycles. The van der Waals surface area contributed by atoms with Crippen LogP contribution < -0.4 is 10.6 Å². The van der Waals surface area contributed by atoms with Crippen LogP contribution in [0.4, 0.5) is 5.69 Å². The Bertz CT molecular complexity index is 929. The molecular weight excluding hydrogens is 326 g/mol. The van der Waals surface area contributed by atoms with Gasteiger partial charge in [-0.3, -0.25) is 4.79 Å². The molecule has 3 rings (SSSR count). The van der Waals surface area contributed by atoms with E-state index in [2.05, 4.69) is 27.6 Å². The Balaban J connectivity index is 1.91. The van der Waals surface area contributed by atoms with Crippen molar-refractivity contribution < 1.29 is 4.79 Å². The van der Waals surface area contributed by atoms with Crippen molar-refractivity contribution in [2.24, 2.45) is 0 Å². The summed E-state index contributed by atoms with van der Waals surface area (Å²) < 4.78 is 1.84. The van der Waals surface area contributed by atoms with Crippen LogP contribution >= 0.6 is 0 Å². The molecule has 0 aliphatic heterocycles. The van der Waals surface area contributed by atoms with Crippen LogP contribution in [0.5, 0.6) is 0 Å². The average Bonchev–Trinajstić information content (AvgIpc) is 3.03. The molecule has 0 aliphatic rings. The van der Waals surface area contributed by atoms with E-state index in [4.69, 9.17) is 0 Å². The molecule has 6 nitrogen and oxygen atoms in total. The molecule has 6 heteroatoms. The van der Waals surface area contributed by atoms with Gasteiger partial charge in [-0.15, -0.1) is 0 Å². The van der Waals surface area contributed by atoms with Crippen LogP contribution in [0.15, 0.2) is 36.5 Å². The second-order valence-corrected chi connectivity index (χ2v) is 6.67. The van der Waals surface area contributed by atoms with E-state index in [1.54, 1.807) is 6.20 Å². The number of nitrogens with one attached hydrogen (secondary N) is 2. The molecular formula is C20H25N5O. The van der Waals surface area contributed by atoms with E-state index in [1.807, 2.05) is 55.8 Å². The fourth-order valence-corrected chi connectivity index (χ4v) is 2.94. The number of carbonyl (C=O) groups is 1. The Hall–Kier alpha value is -2.73. The van der Waals surface area contributed by atoms with Crippen molar-refractivity contribution in [2.75, 3.05) is 11.9 Å². The van der Waals surface area contributed by atoms with Crippen molar-refractivity contribution in [3.8, 4) is 0 Å². The lowest BCUT2D eigenvalue weighted by atomic mass is 10.1. The highest BCUT2D eigenvalue weighted by atomic mass is 16.1. The zero-order valence-corrected chi connectivity index (χ0v) is 15.7. The monoisotopic (exact) mass is 351 g/mol. The predicted octanol–water partition coefficient (Wildman–Crippen LogP) is 3.68. The van der Waals surface area contributed by atoms with E-state index in [0.717, 1.165) is 41.1 Å². The number of fused-ring (bicyclic) bond motifs is 1.